The van der Waals surface area contributed by atoms with Crippen molar-refractivity contribution in [1.29, 1.82) is 0 Å². The van der Waals surface area contributed by atoms with Crippen LogP contribution in [0, 0.1) is 0 Å². The predicted octanol–water partition coefficient (Wildman–Crippen LogP) is 0.856. The maximum absolute atomic E-state index is 11.7. The van der Waals surface area contributed by atoms with Crippen molar-refractivity contribution in [3.63, 3.8) is 0 Å². The van der Waals surface area contributed by atoms with Crippen LogP contribution in [0.2, 0.25) is 0 Å². The van der Waals surface area contributed by atoms with Gasteiger partial charge in [0.1, 0.15) is 0 Å². The average Bonchev–Trinajstić information content (AvgIpc) is 2.43. The molecule has 1 amide bonds. The van der Waals surface area contributed by atoms with Crippen molar-refractivity contribution in [2.75, 3.05) is 6.54 Å². The first kappa shape index (κ1) is 15.1. The maximum atomic E-state index is 11.7. The van der Waals surface area contributed by atoms with E-state index in [1.54, 1.807) is 30.3 Å². The van der Waals surface area contributed by atoms with Crippen molar-refractivity contribution in [3.05, 3.63) is 48.6 Å². The summed E-state index contributed by atoms with van der Waals surface area (Å²) < 4.78 is 0. The molecular weight excluding hydrogens is 280 g/mol. The number of hydrazine groups is 1. The van der Waals surface area contributed by atoms with Crippen LogP contribution in [0.4, 0.5) is 0 Å². The molecule has 0 aliphatic carbocycles. The van der Waals surface area contributed by atoms with Gasteiger partial charge in [0.2, 0.25) is 0 Å². The predicted molar refractivity (Wildman–Crippen MR) is 83.6 cm³/mol. The molecule has 0 saturated carbocycles. The Balaban J connectivity index is 2.33. The first-order chi connectivity index (χ1) is 9.13. The zero-order chi connectivity index (χ0) is 14.1. The van der Waals surface area contributed by atoms with Gasteiger partial charge >= 0.3 is 0 Å². The third-order valence-corrected chi connectivity index (χ3v) is 2.41. The summed E-state index contributed by atoms with van der Waals surface area (Å²) in [5.74, 6) is -0.287. The Bertz CT molecular complexity index is 476. The molecule has 0 spiro atoms. The second-order valence-corrected chi connectivity index (χ2v) is 4.21. The van der Waals surface area contributed by atoms with Gasteiger partial charge in [-0.1, -0.05) is 24.3 Å². The molecular formula is C12H14N4OS2. The summed E-state index contributed by atoms with van der Waals surface area (Å²) in [6.07, 6.45) is 1.67. The minimum atomic E-state index is -0.287. The zero-order valence-corrected chi connectivity index (χ0v) is 11.7. The second kappa shape index (κ2) is 8.17. The summed E-state index contributed by atoms with van der Waals surface area (Å²) in [6, 6.07) is 8.78. The molecule has 0 unspecified atom stereocenters. The van der Waals surface area contributed by atoms with Crippen molar-refractivity contribution in [1.82, 2.24) is 21.5 Å². The zero-order valence-electron chi connectivity index (χ0n) is 10.1. The topological polar surface area (TPSA) is 65.2 Å². The lowest BCUT2D eigenvalue weighted by Gasteiger charge is -2.12. The first-order valence-electron chi connectivity index (χ1n) is 5.44. The standard InChI is InChI=1S/C12H14N4OS2/c1-2-8-13-11(18)15-16-12(19)14-10(17)9-6-4-3-5-7-9/h2-7H,1,8H2,(H2,13,15,18)(H2,14,16,17,19). The molecule has 0 radical (unpaired) electrons. The monoisotopic (exact) mass is 294 g/mol. The Hall–Kier alpha value is -1.99. The molecule has 0 heterocycles. The Kier molecular flexibility index (Phi) is 6.48. The van der Waals surface area contributed by atoms with E-state index >= 15 is 0 Å². The van der Waals surface area contributed by atoms with Crippen LogP contribution in [0.15, 0.2) is 43.0 Å². The highest BCUT2D eigenvalue weighted by atomic mass is 32.1. The highest BCUT2D eigenvalue weighted by Gasteiger charge is 2.06. The Morgan fingerprint density at radius 2 is 1.79 bits per heavy atom. The minimum Gasteiger partial charge on any atom is -0.358 e. The molecule has 0 fully saturated rings. The molecule has 0 bridgehead atoms. The summed E-state index contributed by atoms with van der Waals surface area (Å²) >= 11 is 9.89. The number of benzene rings is 1. The summed E-state index contributed by atoms with van der Waals surface area (Å²) in [5.41, 5.74) is 5.77. The van der Waals surface area contributed by atoms with Gasteiger partial charge in [0, 0.05) is 12.1 Å². The van der Waals surface area contributed by atoms with Gasteiger partial charge in [-0.3, -0.25) is 21.0 Å². The number of carbonyl (C=O) groups is 1. The van der Waals surface area contributed by atoms with Gasteiger partial charge in [0.25, 0.3) is 5.91 Å². The molecule has 0 aliphatic rings. The SMILES string of the molecule is C=CCNC(=S)NNC(=S)NC(=O)c1ccccc1. The third-order valence-electron chi connectivity index (χ3n) is 1.96. The Labute approximate surface area is 122 Å². The molecule has 0 atom stereocenters. The van der Waals surface area contributed by atoms with Crippen molar-refractivity contribution in [2.45, 2.75) is 0 Å². The average molecular weight is 294 g/mol. The molecule has 4 N–H and O–H groups in total. The normalized spacial score (nSPS) is 9.05. The highest BCUT2D eigenvalue weighted by Crippen LogP contribution is 1.97. The largest absolute Gasteiger partial charge is 0.358 e. The van der Waals surface area contributed by atoms with E-state index in [0.717, 1.165) is 0 Å². The van der Waals surface area contributed by atoms with Gasteiger partial charge in [0.15, 0.2) is 10.2 Å². The quantitative estimate of drug-likeness (QED) is 0.377. The van der Waals surface area contributed by atoms with Crippen LogP contribution in [0.3, 0.4) is 0 Å². The second-order valence-electron chi connectivity index (χ2n) is 3.40. The first-order valence-corrected chi connectivity index (χ1v) is 6.26. The smallest absolute Gasteiger partial charge is 0.257 e. The van der Waals surface area contributed by atoms with Gasteiger partial charge in [-0.15, -0.1) is 6.58 Å². The van der Waals surface area contributed by atoms with E-state index in [1.165, 1.54) is 0 Å². The minimum absolute atomic E-state index is 0.136. The van der Waals surface area contributed by atoms with Crippen molar-refractivity contribution >= 4 is 40.6 Å². The lowest BCUT2D eigenvalue weighted by atomic mass is 10.2. The number of nitrogens with one attached hydrogen (secondary N) is 4. The fraction of sp³-hybridized carbons (Fsp3) is 0.0833. The fourth-order valence-electron chi connectivity index (χ4n) is 1.12. The van der Waals surface area contributed by atoms with Crippen LogP contribution in [0.1, 0.15) is 10.4 Å². The van der Waals surface area contributed by atoms with E-state index < -0.39 is 0 Å². The van der Waals surface area contributed by atoms with E-state index in [-0.39, 0.29) is 11.0 Å². The Morgan fingerprint density at radius 1 is 1.16 bits per heavy atom. The number of thiocarbonyl (C=S) groups is 2. The van der Waals surface area contributed by atoms with Gasteiger partial charge in [-0.05, 0) is 36.6 Å². The Morgan fingerprint density at radius 3 is 2.42 bits per heavy atom. The molecule has 1 rings (SSSR count). The van der Waals surface area contributed by atoms with Gasteiger partial charge in [0.05, 0.1) is 0 Å². The lowest BCUT2D eigenvalue weighted by molar-refractivity contribution is 0.0976. The van der Waals surface area contributed by atoms with Crippen LogP contribution in [-0.2, 0) is 0 Å². The molecule has 5 nitrogen and oxygen atoms in total. The van der Waals surface area contributed by atoms with Gasteiger partial charge in [-0.2, -0.15) is 0 Å². The maximum Gasteiger partial charge on any atom is 0.257 e. The van der Waals surface area contributed by atoms with Crippen LogP contribution in [0.5, 0.6) is 0 Å². The summed E-state index contributed by atoms with van der Waals surface area (Å²) in [5, 5.41) is 5.85. The molecule has 0 aromatic heterocycles. The van der Waals surface area contributed by atoms with Crippen molar-refractivity contribution < 1.29 is 4.79 Å². The summed E-state index contributed by atoms with van der Waals surface area (Å²) in [6.45, 7) is 4.09. The molecule has 1 aromatic rings. The number of hydrogen-bond acceptors (Lipinski definition) is 3. The summed E-state index contributed by atoms with van der Waals surface area (Å²) in [4.78, 5) is 11.7. The molecule has 7 heteroatoms. The molecule has 1 aromatic carbocycles. The number of amides is 1. The summed E-state index contributed by atoms with van der Waals surface area (Å²) in [7, 11) is 0. The lowest BCUT2D eigenvalue weighted by Crippen LogP contribution is -2.51. The van der Waals surface area contributed by atoms with Crippen LogP contribution in [-0.4, -0.2) is 22.7 Å². The van der Waals surface area contributed by atoms with Crippen molar-refractivity contribution in [2.24, 2.45) is 0 Å². The fourth-order valence-corrected chi connectivity index (χ4v) is 1.40. The van der Waals surface area contributed by atoms with Crippen LogP contribution >= 0.6 is 24.4 Å². The van der Waals surface area contributed by atoms with E-state index in [2.05, 4.69) is 28.1 Å². The van der Waals surface area contributed by atoms with E-state index in [1.807, 2.05) is 6.07 Å². The van der Waals surface area contributed by atoms with E-state index in [0.29, 0.717) is 17.2 Å². The van der Waals surface area contributed by atoms with Crippen LogP contribution in [0.25, 0.3) is 0 Å². The molecule has 100 valence electrons. The van der Waals surface area contributed by atoms with E-state index in [4.69, 9.17) is 24.4 Å². The number of rotatable bonds is 3. The number of hydrogen-bond donors (Lipinski definition) is 4. The highest BCUT2D eigenvalue weighted by molar-refractivity contribution is 7.80. The van der Waals surface area contributed by atoms with Crippen molar-refractivity contribution in [3.8, 4) is 0 Å². The van der Waals surface area contributed by atoms with Crippen LogP contribution < -0.4 is 21.5 Å². The molecule has 0 saturated heterocycles. The molecule has 19 heavy (non-hydrogen) atoms. The van der Waals surface area contributed by atoms with Gasteiger partial charge in [-0.25, -0.2) is 0 Å². The van der Waals surface area contributed by atoms with Gasteiger partial charge < -0.3 is 5.32 Å². The molecule has 0 aliphatic heterocycles. The third kappa shape index (κ3) is 5.94. The number of carbonyl (C=O) groups excluding carboxylic acids is 1. The van der Waals surface area contributed by atoms with E-state index in [9.17, 15) is 4.79 Å².